The zero-order valence-electron chi connectivity index (χ0n) is 15.2. The first-order valence-electron chi connectivity index (χ1n) is 9.21. The third-order valence-electron chi connectivity index (χ3n) is 5.11. The zero-order valence-corrected chi connectivity index (χ0v) is 15.2. The Kier molecular flexibility index (Phi) is 6.15. The Bertz CT molecular complexity index is 575. The molecule has 2 aliphatic rings. The summed E-state index contributed by atoms with van der Waals surface area (Å²) in [7, 11) is 1.64. The van der Waals surface area contributed by atoms with Gasteiger partial charge in [-0.3, -0.25) is 4.90 Å². The van der Waals surface area contributed by atoms with Crippen LogP contribution in [0.15, 0.2) is 24.3 Å². The standard InChI is InChI=1S/C19H29N3O3/c1-15-6-3-4-9-22(15)17-13-21(14-17)19(23)20-16-7-5-8-18(12-16)25-11-10-24-2/h5,7-8,12,15,17H,3-4,6,9-11,13-14H2,1-2H3,(H,20,23)/t15-/m0/s1. The molecule has 6 nitrogen and oxygen atoms in total. The molecule has 138 valence electrons. The lowest BCUT2D eigenvalue weighted by Gasteiger charge is -2.49. The van der Waals surface area contributed by atoms with Crippen molar-refractivity contribution < 1.29 is 14.3 Å². The average Bonchev–Trinajstić information content (AvgIpc) is 2.56. The van der Waals surface area contributed by atoms with Crippen LogP contribution >= 0.6 is 0 Å². The van der Waals surface area contributed by atoms with E-state index in [-0.39, 0.29) is 6.03 Å². The molecule has 2 aliphatic heterocycles. The van der Waals surface area contributed by atoms with Crippen molar-refractivity contribution in [1.29, 1.82) is 0 Å². The fourth-order valence-corrected chi connectivity index (χ4v) is 3.60. The number of likely N-dealkylation sites (tertiary alicyclic amines) is 2. The van der Waals surface area contributed by atoms with Crippen molar-refractivity contribution in [3.8, 4) is 5.75 Å². The Balaban J connectivity index is 1.46. The van der Waals surface area contributed by atoms with Crippen molar-refractivity contribution in [2.24, 2.45) is 0 Å². The van der Waals surface area contributed by atoms with Crippen molar-refractivity contribution >= 4 is 11.7 Å². The van der Waals surface area contributed by atoms with Gasteiger partial charge in [0.1, 0.15) is 12.4 Å². The van der Waals surface area contributed by atoms with E-state index in [1.165, 1.54) is 25.8 Å². The number of hydrogen-bond acceptors (Lipinski definition) is 4. The van der Waals surface area contributed by atoms with Crippen LogP contribution in [0.3, 0.4) is 0 Å². The molecule has 0 unspecified atom stereocenters. The molecule has 0 aromatic heterocycles. The quantitative estimate of drug-likeness (QED) is 0.804. The molecule has 25 heavy (non-hydrogen) atoms. The maximum Gasteiger partial charge on any atom is 0.321 e. The molecule has 0 aliphatic carbocycles. The molecule has 0 radical (unpaired) electrons. The third-order valence-corrected chi connectivity index (χ3v) is 5.11. The van der Waals surface area contributed by atoms with Gasteiger partial charge in [0, 0.05) is 44.0 Å². The van der Waals surface area contributed by atoms with Crippen LogP contribution in [0, 0.1) is 0 Å². The Morgan fingerprint density at radius 1 is 1.28 bits per heavy atom. The molecule has 1 atom stereocenters. The lowest BCUT2D eigenvalue weighted by atomic mass is 9.98. The van der Waals surface area contributed by atoms with Gasteiger partial charge in [-0.2, -0.15) is 0 Å². The first-order valence-corrected chi connectivity index (χ1v) is 9.21. The van der Waals surface area contributed by atoms with Gasteiger partial charge in [-0.15, -0.1) is 0 Å². The minimum Gasteiger partial charge on any atom is -0.491 e. The maximum absolute atomic E-state index is 12.4. The van der Waals surface area contributed by atoms with Gasteiger partial charge in [-0.1, -0.05) is 12.5 Å². The first-order chi connectivity index (χ1) is 12.2. The summed E-state index contributed by atoms with van der Waals surface area (Å²) in [5.41, 5.74) is 0.759. The molecule has 3 rings (SSSR count). The van der Waals surface area contributed by atoms with Crippen LogP contribution < -0.4 is 10.1 Å². The molecule has 0 bridgehead atoms. The first kappa shape index (κ1) is 18.0. The molecule has 1 N–H and O–H groups in total. The van der Waals surface area contributed by atoms with Crippen molar-refractivity contribution in [1.82, 2.24) is 9.80 Å². The number of anilines is 1. The predicted molar refractivity (Wildman–Crippen MR) is 98.2 cm³/mol. The van der Waals surface area contributed by atoms with E-state index in [9.17, 15) is 4.79 Å². The predicted octanol–water partition coefficient (Wildman–Crippen LogP) is 2.80. The van der Waals surface area contributed by atoms with Gasteiger partial charge in [0.15, 0.2) is 0 Å². The number of ether oxygens (including phenoxy) is 2. The van der Waals surface area contributed by atoms with Crippen LogP contribution in [-0.2, 0) is 4.74 Å². The number of benzene rings is 1. The minimum absolute atomic E-state index is 0.0324. The molecule has 0 spiro atoms. The van der Waals surface area contributed by atoms with E-state index in [2.05, 4.69) is 17.1 Å². The summed E-state index contributed by atoms with van der Waals surface area (Å²) in [6, 6.07) is 8.61. The molecule has 2 saturated heterocycles. The Labute approximate surface area is 150 Å². The summed E-state index contributed by atoms with van der Waals surface area (Å²) in [6.07, 6.45) is 3.89. The van der Waals surface area contributed by atoms with E-state index in [1.807, 2.05) is 29.2 Å². The molecule has 1 aromatic rings. The number of rotatable bonds is 6. The summed E-state index contributed by atoms with van der Waals surface area (Å²) in [5.74, 6) is 0.735. The summed E-state index contributed by atoms with van der Waals surface area (Å²) in [4.78, 5) is 16.9. The van der Waals surface area contributed by atoms with E-state index in [4.69, 9.17) is 9.47 Å². The number of methoxy groups -OCH3 is 1. The SMILES string of the molecule is COCCOc1cccc(NC(=O)N2CC(N3CCCC[C@@H]3C)C2)c1. The highest BCUT2D eigenvalue weighted by molar-refractivity contribution is 5.90. The molecule has 2 fully saturated rings. The van der Waals surface area contributed by atoms with Crippen molar-refractivity contribution in [2.45, 2.75) is 38.3 Å². The van der Waals surface area contributed by atoms with Crippen LogP contribution in [0.2, 0.25) is 0 Å². The van der Waals surface area contributed by atoms with E-state index in [0.29, 0.717) is 25.3 Å². The Morgan fingerprint density at radius 2 is 2.12 bits per heavy atom. The molecule has 0 saturated carbocycles. The number of nitrogens with zero attached hydrogens (tertiary/aromatic N) is 2. The van der Waals surface area contributed by atoms with Crippen LogP contribution in [-0.4, -0.2) is 67.9 Å². The summed E-state index contributed by atoms with van der Waals surface area (Å²) in [5, 5.41) is 2.97. The van der Waals surface area contributed by atoms with Crippen LogP contribution in [0.5, 0.6) is 5.75 Å². The Morgan fingerprint density at radius 3 is 2.88 bits per heavy atom. The molecular formula is C19H29N3O3. The van der Waals surface area contributed by atoms with E-state index < -0.39 is 0 Å². The Hall–Kier alpha value is -1.79. The third kappa shape index (κ3) is 4.64. The van der Waals surface area contributed by atoms with Gasteiger partial charge >= 0.3 is 6.03 Å². The largest absolute Gasteiger partial charge is 0.491 e. The molecule has 6 heteroatoms. The number of hydrogen-bond donors (Lipinski definition) is 1. The van der Waals surface area contributed by atoms with E-state index in [0.717, 1.165) is 24.5 Å². The highest BCUT2D eigenvalue weighted by Crippen LogP contribution is 2.25. The average molecular weight is 347 g/mol. The van der Waals surface area contributed by atoms with Gasteiger partial charge in [0.05, 0.1) is 6.61 Å². The van der Waals surface area contributed by atoms with Crippen LogP contribution in [0.1, 0.15) is 26.2 Å². The maximum atomic E-state index is 12.4. The number of urea groups is 1. The zero-order chi connectivity index (χ0) is 17.6. The number of carbonyl (C=O) groups is 1. The smallest absolute Gasteiger partial charge is 0.321 e. The highest BCUT2D eigenvalue weighted by atomic mass is 16.5. The second kappa shape index (κ2) is 8.54. The number of amides is 2. The molecule has 2 amide bonds. The normalized spacial score (nSPS) is 21.7. The second-order valence-electron chi connectivity index (χ2n) is 6.94. The topological polar surface area (TPSA) is 54.0 Å². The summed E-state index contributed by atoms with van der Waals surface area (Å²) < 4.78 is 10.6. The fourth-order valence-electron chi connectivity index (χ4n) is 3.60. The minimum atomic E-state index is -0.0324. The van der Waals surface area contributed by atoms with E-state index >= 15 is 0 Å². The van der Waals surface area contributed by atoms with Gasteiger partial charge < -0.3 is 19.7 Å². The number of carbonyl (C=O) groups excluding carboxylic acids is 1. The highest BCUT2D eigenvalue weighted by Gasteiger charge is 2.37. The summed E-state index contributed by atoms with van der Waals surface area (Å²) >= 11 is 0. The molecular weight excluding hydrogens is 318 g/mol. The van der Waals surface area contributed by atoms with Crippen molar-refractivity contribution in [3.05, 3.63) is 24.3 Å². The van der Waals surface area contributed by atoms with Crippen molar-refractivity contribution in [2.75, 3.05) is 45.3 Å². The monoisotopic (exact) mass is 347 g/mol. The molecule has 1 aromatic carbocycles. The van der Waals surface area contributed by atoms with E-state index in [1.54, 1.807) is 7.11 Å². The van der Waals surface area contributed by atoms with Gasteiger partial charge in [-0.25, -0.2) is 4.79 Å². The lowest BCUT2D eigenvalue weighted by Crippen LogP contribution is -2.64. The number of piperidine rings is 1. The van der Waals surface area contributed by atoms with Gasteiger partial charge in [-0.05, 0) is 38.4 Å². The van der Waals surface area contributed by atoms with Crippen LogP contribution in [0.25, 0.3) is 0 Å². The fraction of sp³-hybridized carbons (Fsp3) is 0.632. The second-order valence-corrected chi connectivity index (χ2v) is 6.94. The van der Waals surface area contributed by atoms with Crippen molar-refractivity contribution in [3.63, 3.8) is 0 Å². The number of nitrogens with one attached hydrogen (secondary N) is 1. The molecule has 2 heterocycles. The lowest BCUT2D eigenvalue weighted by molar-refractivity contribution is 0.0199. The van der Waals surface area contributed by atoms with Gasteiger partial charge in [0.2, 0.25) is 0 Å². The van der Waals surface area contributed by atoms with Crippen LogP contribution in [0.4, 0.5) is 10.5 Å². The van der Waals surface area contributed by atoms with Gasteiger partial charge in [0.25, 0.3) is 0 Å². The summed E-state index contributed by atoms with van der Waals surface area (Å²) in [6.45, 7) is 6.15.